The van der Waals surface area contributed by atoms with Gasteiger partial charge in [0.25, 0.3) is 15.9 Å². The van der Waals surface area contributed by atoms with E-state index in [0.717, 1.165) is 11.3 Å². The van der Waals surface area contributed by atoms with Crippen molar-refractivity contribution in [3.05, 3.63) is 47.1 Å². The Balaban J connectivity index is 2.25. The van der Waals surface area contributed by atoms with Crippen LogP contribution in [0.2, 0.25) is 0 Å². The van der Waals surface area contributed by atoms with Gasteiger partial charge in [-0.25, -0.2) is 17.5 Å². The Morgan fingerprint density at radius 3 is 2.52 bits per heavy atom. The SMILES string of the molecule is CN(C)c1ccc(C(=O)NS(=O)(=O)c2cccs2)c(F)c1. The molecule has 0 bridgehead atoms. The number of carbonyl (C=O) groups excluding carboxylic acids is 1. The first-order valence-corrected chi connectivity index (χ1v) is 8.25. The van der Waals surface area contributed by atoms with E-state index < -0.39 is 21.7 Å². The van der Waals surface area contributed by atoms with Crippen LogP contribution in [-0.2, 0) is 10.0 Å². The highest BCUT2D eigenvalue weighted by Gasteiger charge is 2.21. The van der Waals surface area contributed by atoms with Gasteiger partial charge in [-0.2, -0.15) is 0 Å². The minimum atomic E-state index is -3.97. The van der Waals surface area contributed by atoms with Crippen molar-refractivity contribution in [2.75, 3.05) is 19.0 Å². The zero-order chi connectivity index (χ0) is 15.6. The van der Waals surface area contributed by atoms with Crippen molar-refractivity contribution < 1.29 is 17.6 Å². The summed E-state index contributed by atoms with van der Waals surface area (Å²) in [5.41, 5.74) is 0.255. The molecule has 0 aliphatic rings. The van der Waals surface area contributed by atoms with Gasteiger partial charge in [0, 0.05) is 19.8 Å². The van der Waals surface area contributed by atoms with E-state index in [1.54, 1.807) is 30.4 Å². The highest BCUT2D eigenvalue weighted by molar-refractivity contribution is 7.92. The predicted octanol–water partition coefficient (Wildman–Crippen LogP) is 2.07. The van der Waals surface area contributed by atoms with Gasteiger partial charge in [0.15, 0.2) is 0 Å². The molecule has 0 spiro atoms. The van der Waals surface area contributed by atoms with Gasteiger partial charge < -0.3 is 4.90 Å². The number of nitrogens with zero attached hydrogens (tertiary/aromatic N) is 1. The van der Waals surface area contributed by atoms with Crippen LogP contribution in [0.3, 0.4) is 0 Å². The number of benzene rings is 1. The van der Waals surface area contributed by atoms with E-state index in [4.69, 9.17) is 0 Å². The number of hydrogen-bond acceptors (Lipinski definition) is 5. The van der Waals surface area contributed by atoms with Gasteiger partial charge in [0.1, 0.15) is 10.0 Å². The summed E-state index contributed by atoms with van der Waals surface area (Å²) in [6.07, 6.45) is 0. The summed E-state index contributed by atoms with van der Waals surface area (Å²) < 4.78 is 39.6. The molecule has 112 valence electrons. The monoisotopic (exact) mass is 328 g/mol. The van der Waals surface area contributed by atoms with Gasteiger partial charge in [-0.05, 0) is 29.6 Å². The van der Waals surface area contributed by atoms with E-state index in [1.807, 2.05) is 4.72 Å². The molecule has 0 saturated heterocycles. The number of halogens is 1. The summed E-state index contributed by atoms with van der Waals surface area (Å²) in [6, 6.07) is 6.88. The first-order valence-electron chi connectivity index (χ1n) is 5.89. The lowest BCUT2D eigenvalue weighted by Gasteiger charge is -2.13. The molecular weight excluding hydrogens is 315 g/mol. The highest BCUT2D eigenvalue weighted by Crippen LogP contribution is 2.19. The quantitative estimate of drug-likeness (QED) is 0.933. The molecule has 21 heavy (non-hydrogen) atoms. The van der Waals surface area contributed by atoms with Crippen molar-refractivity contribution in [1.82, 2.24) is 4.72 Å². The Kier molecular flexibility index (Phi) is 4.29. The zero-order valence-corrected chi connectivity index (χ0v) is 13.0. The Bertz CT molecular complexity index is 756. The molecular formula is C13H13FN2O3S2. The van der Waals surface area contributed by atoms with Crippen molar-refractivity contribution in [2.45, 2.75) is 4.21 Å². The molecule has 0 saturated carbocycles. The smallest absolute Gasteiger partial charge is 0.273 e. The molecule has 1 aromatic heterocycles. The number of sulfonamides is 1. The zero-order valence-electron chi connectivity index (χ0n) is 11.3. The van der Waals surface area contributed by atoms with Crippen molar-refractivity contribution in [3.63, 3.8) is 0 Å². The maximum atomic E-state index is 13.9. The maximum Gasteiger partial charge on any atom is 0.273 e. The summed E-state index contributed by atoms with van der Waals surface area (Å²) in [5.74, 6) is -1.77. The van der Waals surface area contributed by atoms with E-state index in [2.05, 4.69) is 0 Å². The number of carbonyl (C=O) groups is 1. The normalized spacial score (nSPS) is 11.2. The Hall–Kier alpha value is -1.93. The number of nitrogens with one attached hydrogen (secondary N) is 1. The molecule has 0 unspecified atom stereocenters. The van der Waals surface area contributed by atoms with E-state index in [0.29, 0.717) is 5.69 Å². The molecule has 0 fully saturated rings. The number of thiophene rings is 1. The number of hydrogen-bond donors (Lipinski definition) is 1. The fraction of sp³-hybridized carbons (Fsp3) is 0.154. The Morgan fingerprint density at radius 2 is 2.00 bits per heavy atom. The molecule has 1 amide bonds. The summed E-state index contributed by atoms with van der Waals surface area (Å²) in [6.45, 7) is 0. The minimum Gasteiger partial charge on any atom is -0.378 e. The third-order valence-electron chi connectivity index (χ3n) is 2.70. The van der Waals surface area contributed by atoms with Crippen LogP contribution in [0.5, 0.6) is 0 Å². The summed E-state index contributed by atoms with van der Waals surface area (Å²) >= 11 is 0.974. The van der Waals surface area contributed by atoms with Gasteiger partial charge in [0.2, 0.25) is 0 Å². The molecule has 2 rings (SSSR count). The third-order valence-corrected chi connectivity index (χ3v) is 5.43. The summed E-state index contributed by atoms with van der Waals surface area (Å²) in [7, 11) is -0.502. The second-order valence-electron chi connectivity index (χ2n) is 4.43. The fourth-order valence-electron chi connectivity index (χ4n) is 1.61. The molecule has 0 aliphatic carbocycles. The standard InChI is InChI=1S/C13H13FN2O3S2/c1-16(2)9-5-6-10(11(14)8-9)13(17)15-21(18,19)12-4-3-7-20-12/h3-8H,1-2H3,(H,15,17). The second kappa shape index (κ2) is 5.82. The lowest BCUT2D eigenvalue weighted by Crippen LogP contribution is -2.30. The first kappa shape index (κ1) is 15.5. The van der Waals surface area contributed by atoms with Gasteiger partial charge in [-0.15, -0.1) is 11.3 Å². The van der Waals surface area contributed by atoms with Gasteiger partial charge in [-0.3, -0.25) is 4.79 Å². The lowest BCUT2D eigenvalue weighted by atomic mass is 10.2. The molecule has 8 heteroatoms. The molecule has 2 aromatic rings. The van der Waals surface area contributed by atoms with Crippen LogP contribution < -0.4 is 9.62 Å². The minimum absolute atomic E-state index is 0.00108. The second-order valence-corrected chi connectivity index (χ2v) is 7.28. The fourth-order valence-corrected chi connectivity index (χ4v) is 3.57. The molecule has 0 atom stereocenters. The van der Waals surface area contributed by atoms with Gasteiger partial charge in [-0.1, -0.05) is 6.07 Å². The maximum absolute atomic E-state index is 13.9. The van der Waals surface area contributed by atoms with Crippen LogP contribution >= 0.6 is 11.3 Å². The summed E-state index contributed by atoms with van der Waals surface area (Å²) in [5, 5.41) is 1.57. The molecule has 1 N–H and O–H groups in total. The van der Waals surface area contributed by atoms with Crippen LogP contribution in [0.25, 0.3) is 0 Å². The van der Waals surface area contributed by atoms with Crippen LogP contribution in [0, 0.1) is 5.82 Å². The van der Waals surface area contributed by atoms with Crippen molar-refractivity contribution >= 4 is 33.0 Å². The van der Waals surface area contributed by atoms with E-state index >= 15 is 0 Å². The number of amides is 1. The largest absolute Gasteiger partial charge is 0.378 e. The van der Waals surface area contributed by atoms with Crippen LogP contribution in [0.1, 0.15) is 10.4 Å². The first-order chi connectivity index (χ1) is 9.81. The van der Waals surface area contributed by atoms with E-state index in [-0.39, 0.29) is 9.77 Å². The van der Waals surface area contributed by atoms with Crippen LogP contribution in [0.15, 0.2) is 39.9 Å². The molecule has 0 radical (unpaired) electrons. The topological polar surface area (TPSA) is 66.5 Å². The Morgan fingerprint density at radius 1 is 1.29 bits per heavy atom. The van der Waals surface area contributed by atoms with Crippen molar-refractivity contribution in [1.29, 1.82) is 0 Å². The molecule has 0 aliphatic heterocycles. The van der Waals surface area contributed by atoms with Crippen LogP contribution in [0.4, 0.5) is 10.1 Å². The van der Waals surface area contributed by atoms with Gasteiger partial charge in [0.05, 0.1) is 5.56 Å². The van der Waals surface area contributed by atoms with E-state index in [9.17, 15) is 17.6 Å². The van der Waals surface area contributed by atoms with Crippen molar-refractivity contribution in [2.24, 2.45) is 0 Å². The summed E-state index contributed by atoms with van der Waals surface area (Å²) in [4.78, 5) is 13.6. The third kappa shape index (κ3) is 3.40. The number of anilines is 1. The lowest BCUT2D eigenvalue weighted by molar-refractivity contribution is 0.0977. The van der Waals surface area contributed by atoms with Crippen LogP contribution in [-0.4, -0.2) is 28.4 Å². The molecule has 1 heterocycles. The predicted molar refractivity (Wildman–Crippen MR) is 79.7 cm³/mol. The average Bonchev–Trinajstić information content (AvgIpc) is 2.92. The van der Waals surface area contributed by atoms with Gasteiger partial charge >= 0.3 is 0 Å². The highest BCUT2D eigenvalue weighted by atomic mass is 32.2. The Labute approximate surface area is 126 Å². The number of rotatable bonds is 4. The average molecular weight is 328 g/mol. The molecule has 1 aromatic carbocycles. The van der Waals surface area contributed by atoms with E-state index in [1.165, 1.54) is 24.3 Å². The molecule has 5 nitrogen and oxygen atoms in total. The van der Waals surface area contributed by atoms with Crippen molar-refractivity contribution in [3.8, 4) is 0 Å².